The molecule has 0 spiro atoms. The maximum absolute atomic E-state index is 9.34. The van der Waals surface area contributed by atoms with Gasteiger partial charge in [0.15, 0.2) is 0 Å². The highest BCUT2D eigenvalue weighted by atomic mass is 16.4. The van der Waals surface area contributed by atoms with Crippen molar-refractivity contribution in [2.24, 2.45) is 10.9 Å². The molecule has 15 heavy (non-hydrogen) atoms. The van der Waals surface area contributed by atoms with Crippen molar-refractivity contribution in [1.82, 2.24) is 5.32 Å². The quantitative estimate of drug-likeness (QED) is 0.218. The van der Waals surface area contributed by atoms with Gasteiger partial charge < -0.3 is 21.4 Å². The van der Waals surface area contributed by atoms with E-state index in [1.807, 2.05) is 20.8 Å². The van der Waals surface area contributed by atoms with Crippen LogP contribution < -0.4 is 11.1 Å². The second-order valence-corrected chi connectivity index (χ2v) is 3.99. The molecule has 0 aromatic heterocycles. The van der Waals surface area contributed by atoms with E-state index in [2.05, 4.69) is 10.5 Å². The predicted octanol–water partition coefficient (Wildman–Crippen LogP) is 0.652. The average Bonchev–Trinajstić information content (AvgIpc) is 2.26. The van der Waals surface area contributed by atoms with Gasteiger partial charge in [0.05, 0.1) is 6.61 Å². The molecule has 5 N–H and O–H groups in total. The summed E-state index contributed by atoms with van der Waals surface area (Å²) in [4.78, 5) is 0. The van der Waals surface area contributed by atoms with Gasteiger partial charge in [0.25, 0.3) is 0 Å². The molecule has 0 heterocycles. The number of amidine groups is 1. The van der Waals surface area contributed by atoms with Gasteiger partial charge in [0.2, 0.25) is 0 Å². The fourth-order valence-corrected chi connectivity index (χ4v) is 1.65. The van der Waals surface area contributed by atoms with Crippen LogP contribution in [0.15, 0.2) is 5.16 Å². The van der Waals surface area contributed by atoms with Gasteiger partial charge in [-0.15, -0.1) is 0 Å². The van der Waals surface area contributed by atoms with E-state index in [-0.39, 0.29) is 24.0 Å². The third-order valence-corrected chi connectivity index (χ3v) is 2.85. The van der Waals surface area contributed by atoms with Crippen molar-refractivity contribution in [2.45, 2.75) is 51.6 Å². The molecule has 1 unspecified atom stereocenters. The molecule has 0 saturated heterocycles. The molecule has 0 fully saturated rings. The summed E-state index contributed by atoms with van der Waals surface area (Å²) in [5.41, 5.74) is 5.16. The summed E-state index contributed by atoms with van der Waals surface area (Å²) in [5.74, 6) is 0.203. The molecule has 0 amide bonds. The first kappa shape index (κ1) is 14.2. The lowest BCUT2D eigenvalue weighted by molar-refractivity contribution is 0.140. The fourth-order valence-electron chi connectivity index (χ4n) is 1.65. The van der Waals surface area contributed by atoms with Gasteiger partial charge in [-0.05, 0) is 19.8 Å². The van der Waals surface area contributed by atoms with Crippen LogP contribution in [0.25, 0.3) is 0 Å². The van der Waals surface area contributed by atoms with Gasteiger partial charge in [-0.1, -0.05) is 19.0 Å². The Bertz CT molecular complexity index is 195. The summed E-state index contributed by atoms with van der Waals surface area (Å²) in [5, 5.41) is 24.0. The van der Waals surface area contributed by atoms with Crippen LogP contribution in [0, 0.1) is 0 Å². The van der Waals surface area contributed by atoms with E-state index in [4.69, 9.17) is 10.9 Å². The van der Waals surface area contributed by atoms with Crippen LogP contribution in [0.1, 0.15) is 40.0 Å². The lowest BCUT2D eigenvalue weighted by atomic mass is 9.92. The number of hydrogen-bond donors (Lipinski definition) is 4. The van der Waals surface area contributed by atoms with Crippen LogP contribution in [0.2, 0.25) is 0 Å². The Morgan fingerprint density at radius 1 is 1.47 bits per heavy atom. The van der Waals surface area contributed by atoms with E-state index < -0.39 is 0 Å². The molecular weight excluding hydrogens is 194 g/mol. The Hall–Kier alpha value is -0.810. The number of nitrogens with two attached hydrogens (primary N) is 1. The van der Waals surface area contributed by atoms with Crippen LogP contribution in [-0.4, -0.2) is 34.3 Å². The molecule has 0 rings (SSSR count). The van der Waals surface area contributed by atoms with E-state index >= 15 is 0 Å². The topological polar surface area (TPSA) is 90.9 Å². The summed E-state index contributed by atoms with van der Waals surface area (Å²) in [6, 6.07) is 0.0768. The van der Waals surface area contributed by atoms with Crippen LogP contribution in [0.4, 0.5) is 0 Å². The molecule has 0 aliphatic rings. The Kier molecular flexibility index (Phi) is 6.27. The molecule has 0 aromatic rings. The van der Waals surface area contributed by atoms with E-state index in [0.29, 0.717) is 6.42 Å². The Morgan fingerprint density at radius 2 is 2.00 bits per heavy atom. The largest absolute Gasteiger partial charge is 0.409 e. The van der Waals surface area contributed by atoms with Crippen LogP contribution in [0.3, 0.4) is 0 Å². The zero-order chi connectivity index (χ0) is 11.9. The molecule has 1 atom stereocenters. The summed E-state index contributed by atoms with van der Waals surface area (Å²) in [6.45, 7) is 6.11. The second-order valence-electron chi connectivity index (χ2n) is 3.99. The molecule has 0 bridgehead atoms. The molecular formula is C10H23N3O2. The van der Waals surface area contributed by atoms with Crippen LogP contribution in [-0.2, 0) is 0 Å². The minimum absolute atomic E-state index is 0.0768. The highest BCUT2D eigenvalue weighted by molar-refractivity contribution is 5.80. The zero-order valence-electron chi connectivity index (χ0n) is 9.82. The van der Waals surface area contributed by atoms with Crippen molar-refractivity contribution in [2.75, 3.05) is 6.61 Å². The van der Waals surface area contributed by atoms with Crippen LogP contribution >= 0.6 is 0 Å². The molecule has 90 valence electrons. The molecule has 0 aliphatic carbocycles. The minimum Gasteiger partial charge on any atom is -0.409 e. The predicted molar refractivity (Wildman–Crippen MR) is 61.0 cm³/mol. The first-order valence-corrected chi connectivity index (χ1v) is 5.38. The summed E-state index contributed by atoms with van der Waals surface area (Å²) in [6.07, 6.45) is 2.17. The van der Waals surface area contributed by atoms with Crippen molar-refractivity contribution >= 4 is 5.84 Å². The van der Waals surface area contributed by atoms with Crippen molar-refractivity contribution < 1.29 is 10.3 Å². The Balaban J connectivity index is 4.28. The third kappa shape index (κ3) is 4.48. The molecule has 0 saturated carbocycles. The third-order valence-electron chi connectivity index (χ3n) is 2.85. The van der Waals surface area contributed by atoms with Crippen molar-refractivity contribution in [3.63, 3.8) is 0 Å². The SMILES string of the molecule is CCC(CC)(CO)NC(C)CC(N)=NO. The van der Waals surface area contributed by atoms with Crippen molar-refractivity contribution in [3.05, 3.63) is 0 Å². The zero-order valence-corrected chi connectivity index (χ0v) is 9.82. The van der Waals surface area contributed by atoms with Gasteiger partial charge in [-0.2, -0.15) is 0 Å². The number of oxime groups is 1. The highest BCUT2D eigenvalue weighted by Gasteiger charge is 2.26. The number of nitrogens with one attached hydrogen (secondary N) is 1. The number of hydrogen-bond acceptors (Lipinski definition) is 4. The van der Waals surface area contributed by atoms with Crippen LogP contribution in [0.5, 0.6) is 0 Å². The minimum atomic E-state index is -0.255. The van der Waals surface area contributed by atoms with Gasteiger partial charge in [0.1, 0.15) is 5.84 Å². The number of aliphatic hydroxyl groups excluding tert-OH is 1. The standard InChI is InChI=1S/C10H23N3O2/c1-4-10(5-2,7-14)12-8(3)6-9(11)13-15/h8,12,14-15H,4-7H2,1-3H3,(H2,11,13). The molecule has 0 aliphatic heterocycles. The Morgan fingerprint density at radius 3 is 2.33 bits per heavy atom. The first-order chi connectivity index (χ1) is 7.03. The lowest BCUT2D eigenvalue weighted by Crippen LogP contribution is -2.52. The number of nitrogens with zero attached hydrogens (tertiary/aromatic N) is 1. The van der Waals surface area contributed by atoms with Crippen molar-refractivity contribution in [3.8, 4) is 0 Å². The van der Waals surface area contributed by atoms with E-state index in [0.717, 1.165) is 12.8 Å². The van der Waals surface area contributed by atoms with E-state index in [9.17, 15) is 5.11 Å². The highest BCUT2D eigenvalue weighted by Crippen LogP contribution is 2.15. The van der Waals surface area contributed by atoms with E-state index in [1.165, 1.54) is 0 Å². The van der Waals surface area contributed by atoms with Gasteiger partial charge in [0, 0.05) is 18.0 Å². The lowest BCUT2D eigenvalue weighted by Gasteiger charge is -2.34. The number of rotatable bonds is 7. The summed E-state index contributed by atoms with van der Waals surface area (Å²) < 4.78 is 0. The molecule has 0 radical (unpaired) electrons. The van der Waals surface area contributed by atoms with Crippen molar-refractivity contribution in [1.29, 1.82) is 0 Å². The maximum atomic E-state index is 9.34. The summed E-state index contributed by atoms with van der Waals surface area (Å²) in [7, 11) is 0. The average molecular weight is 217 g/mol. The van der Waals surface area contributed by atoms with E-state index in [1.54, 1.807) is 0 Å². The normalized spacial score (nSPS) is 15.3. The van der Waals surface area contributed by atoms with Gasteiger partial charge >= 0.3 is 0 Å². The maximum Gasteiger partial charge on any atom is 0.140 e. The molecule has 5 heteroatoms. The molecule has 5 nitrogen and oxygen atoms in total. The fraction of sp³-hybridized carbons (Fsp3) is 0.900. The first-order valence-electron chi connectivity index (χ1n) is 5.38. The van der Waals surface area contributed by atoms with Gasteiger partial charge in [-0.25, -0.2) is 0 Å². The smallest absolute Gasteiger partial charge is 0.140 e. The Labute approximate surface area is 91.4 Å². The number of aliphatic hydroxyl groups is 1. The van der Waals surface area contributed by atoms with Gasteiger partial charge in [-0.3, -0.25) is 0 Å². The second kappa shape index (κ2) is 6.63. The summed E-state index contributed by atoms with van der Waals surface area (Å²) >= 11 is 0. The molecule has 0 aromatic carbocycles. The monoisotopic (exact) mass is 217 g/mol.